The SMILES string of the molecule is COCCC[C@]1(CO)NC[C@H](O)[C@@H](O)[C@@H]1O. The fraction of sp³-hybridized carbons (Fsp3) is 1.00. The highest BCUT2D eigenvalue weighted by Gasteiger charge is 2.46. The molecular weight excluding hydrogens is 214 g/mol. The molecule has 1 aliphatic rings. The van der Waals surface area contributed by atoms with Gasteiger partial charge >= 0.3 is 0 Å². The summed E-state index contributed by atoms with van der Waals surface area (Å²) in [5, 5.41) is 41.1. The summed E-state index contributed by atoms with van der Waals surface area (Å²) >= 11 is 0. The number of rotatable bonds is 5. The molecule has 0 aromatic heterocycles. The number of aliphatic hydroxyl groups excluding tert-OH is 4. The van der Waals surface area contributed by atoms with Crippen LogP contribution in [0.25, 0.3) is 0 Å². The van der Waals surface area contributed by atoms with Gasteiger partial charge < -0.3 is 30.5 Å². The normalized spacial score (nSPS) is 39.9. The maximum absolute atomic E-state index is 9.88. The monoisotopic (exact) mass is 235 g/mol. The van der Waals surface area contributed by atoms with Gasteiger partial charge in [-0.25, -0.2) is 0 Å². The summed E-state index contributed by atoms with van der Waals surface area (Å²) in [6.45, 7) is 0.391. The van der Waals surface area contributed by atoms with Crippen molar-refractivity contribution in [2.24, 2.45) is 0 Å². The van der Waals surface area contributed by atoms with Gasteiger partial charge in [-0.15, -0.1) is 0 Å². The third-order valence-electron chi connectivity index (χ3n) is 3.20. The van der Waals surface area contributed by atoms with Crippen molar-refractivity contribution < 1.29 is 25.2 Å². The van der Waals surface area contributed by atoms with Gasteiger partial charge in [-0.05, 0) is 12.8 Å². The quantitative estimate of drug-likeness (QED) is 0.348. The van der Waals surface area contributed by atoms with E-state index in [0.29, 0.717) is 19.4 Å². The lowest BCUT2D eigenvalue weighted by Gasteiger charge is -2.45. The first kappa shape index (κ1) is 13.8. The van der Waals surface area contributed by atoms with E-state index >= 15 is 0 Å². The molecule has 16 heavy (non-hydrogen) atoms. The van der Waals surface area contributed by atoms with Crippen LogP contribution in [0.5, 0.6) is 0 Å². The molecule has 1 rings (SSSR count). The van der Waals surface area contributed by atoms with Crippen molar-refractivity contribution in [1.29, 1.82) is 0 Å². The summed E-state index contributed by atoms with van der Waals surface area (Å²) in [5.41, 5.74) is -0.947. The number of β-amino-alcohol motifs (C(OH)–C–C–N with tert-alkyl or cyclic N) is 1. The first-order chi connectivity index (χ1) is 7.57. The van der Waals surface area contributed by atoms with Crippen molar-refractivity contribution in [3.8, 4) is 0 Å². The lowest BCUT2D eigenvalue weighted by Crippen LogP contribution is -2.69. The average molecular weight is 235 g/mol. The predicted molar refractivity (Wildman–Crippen MR) is 56.9 cm³/mol. The van der Waals surface area contributed by atoms with Crippen LogP contribution in [0.15, 0.2) is 0 Å². The number of aliphatic hydroxyl groups is 4. The highest BCUT2D eigenvalue weighted by molar-refractivity contribution is 5.04. The summed E-state index contributed by atoms with van der Waals surface area (Å²) in [4.78, 5) is 0. The minimum absolute atomic E-state index is 0.159. The fourth-order valence-electron chi connectivity index (χ4n) is 2.07. The molecule has 0 unspecified atom stereocenters. The number of hydrogen-bond acceptors (Lipinski definition) is 6. The van der Waals surface area contributed by atoms with Crippen LogP contribution in [0.4, 0.5) is 0 Å². The molecule has 0 bridgehead atoms. The zero-order valence-electron chi connectivity index (χ0n) is 9.46. The molecule has 0 aliphatic carbocycles. The number of methoxy groups -OCH3 is 1. The van der Waals surface area contributed by atoms with Gasteiger partial charge in [-0.1, -0.05) is 0 Å². The number of piperidine rings is 1. The first-order valence-corrected chi connectivity index (χ1v) is 5.46. The van der Waals surface area contributed by atoms with E-state index in [1.807, 2.05) is 0 Å². The third-order valence-corrected chi connectivity index (χ3v) is 3.20. The van der Waals surface area contributed by atoms with E-state index in [4.69, 9.17) is 4.74 Å². The van der Waals surface area contributed by atoms with Gasteiger partial charge in [0.2, 0.25) is 0 Å². The molecule has 1 aliphatic heterocycles. The molecule has 1 fully saturated rings. The van der Waals surface area contributed by atoms with Gasteiger partial charge in [-0.3, -0.25) is 0 Å². The molecule has 6 heteroatoms. The van der Waals surface area contributed by atoms with Crippen molar-refractivity contribution >= 4 is 0 Å². The molecule has 6 nitrogen and oxygen atoms in total. The Morgan fingerprint density at radius 3 is 2.62 bits per heavy atom. The Morgan fingerprint density at radius 1 is 1.38 bits per heavy atom. The number of nitrogens with one attached hydrogen (secondary N) is 1. The largest absolute Gasteiger partial charge is 0.394 e. The zero-order chi connectivity index (χ0) is 12.2. The van der Waals surface area contributed by atoms with E-state index in [1.54, 1.807) is 7.11 Å². The second-order valence-electron chi connectivity index (χ2n) is 4.29. The van der Waals surface area contributed by atoms with Crippen LogP contribution in [-0.4, -0.2) is 71.1 Å². The van der Waals surface area contributed by atoms with Crippen molar-refractivity contribution in [2.45, 2.75) is 36.7 Å². The summed E-state index contributed by atoms with van der Waals surface area (Å²) in [7, 11) is 1.58. The van der Waals surface area contributed by atoms with Crippen LogP contribution in [0.2, 0.25) is 0 Å². The Kier molecular flexibility index (Phi) is 5.10. The van der Waals surface area contributed by atoms with E-state index in [-0.39, 0.29) is 13.2 Å². The smallest absolute Gasteiger partial charge is 0.109 e. The van der Waals surface area contributed by atoms with E-state index < -0.39 is 23.9 Å². The van der Waals surface area contributed by atoms with Gasteiger partial charge in [0.1, 0.15) is 12.2 Å². The maximum atomic E-state index is 9.88. The van der Waals surface area contributed by atoms with E-state index in [0.717, 1.165) is 0 Å². The molecule has 96 valence electrons. The Morgan fingerprint density at radius 2 is 2.06 bits per heavy atom. The lowest BCUT2D eigenvalue weighted by atomic mass is 9.80. The van der Waals surface area contributed by atoms with Crippen molar-refractivity contribution in [1.82, 2.24) is 5.32 Å². The zero-order valence-corrected chi connectivity index (χ0v) is 9.46. The molecule has 0 aromatic rings. The molecule has 5 N–H and O–H groups in total. The topological polar surface area (TPSA) is 102 Å². The van der Waals surface area contributed by atoms with Crippen LogP contribution in [0.3, 0.4) is 0 Å². The minimum Gasteiger partial charge on any atom is -0.394 e. The van der Waals surface area contributed by atoms with Crippen molar-refractivity contribution in [3.05, 3.63) is 0 Å². The Bertz CT molecular complexity index is 215. The van der Waals surface area contributed by atoms with Crippen LogP contribution >= 0.6 is 0 Å². The molecule has 0 spiro atoms. The highest BCUT2D eigenvalue weighted by Crippen LogP contribution is 2.25. The standard InChI is InChI=1S/C10H21NO5/c1-16-4-2-3-10(6-12)9(15)8(14)7(13)5-11-10/h7-9,11-15H,2-6H2,1H3/t7-,8+,9-,10+/m0/s1. The molecule has 1 heterocycles. The number of ether oxygens (including phenoxy) is 1. The molecule has 1 saturated heterocycles. The van der Waals surface area contributed by atoms with Crippen molar-refractivity contribution in [3.63, 3.8) is 0 Å². The van der Waals surface area contributed by atoms with E-state index in [2.05, 4.69) is 5.32 Å². The summed E-state index contributed by atoms with van der Waals surface area (Å²) in [6, 6.07) is 0. The second kappa shape index (κ2) is 5.90. The highest BCUT2D eigenvalue weighted by atomic mass is 16.5. The first-order valence-electron chi connectivity index (χ1n) is 5.46. The van der Waals surface area contributed by atoms with Crippen molar-refractivity contribution in [2.75, 3.05) is 26.9 Å². The van der Waals surface area contributed by atoms with Gasteiger partial charge in [-0.2, -0.15) is 0 Å². The van der Waals surface area contributed by atoms with Gasteiger partial charge in [0.15, 0.2) is 0 Å². The lowest BCUT2D eigenvalue weighted by molar-refractivity contribution is -0.136. The summed E-state index contributed by atoms with van der Waals surface area (Å²) in [6.07, 6.45) is -2.28. The van der Waals surface area contributed by atoms with Gasteiger partial charge in [0.25, 0.3) is 0 Å². The second-order valence-corrected chi connectivity index (χ2v) is 4.29. The predicted octanol–water partition coefficient (Wildman–Crippen LogP) is -2.17. The minimum atomic E-state index is -1.23. The summed E-state index contributed by atoms with van der Waals surface area (Å²) in [5.74, 6) is 0. The van der Waals surface area contributed by atoms with Gasteiger partial charge in [0.05, 0.1) is 18.2 Å². The molecular formula is C10H21NO5. The van der Waals surface area contributed by atoms with Crippen LogP contribution in [0.1, 0.15) is 12.8 Å². The number of hydrogen-bond donors (Lipinski definition) is 5. The Labute approximate surface area is 94.9 Å². The molecule has 0 amide bonds. The van der Waals surface area contributed by atoms with Crippen LogP contribution in [0, 0.1) is 0 Å². The van der Waals surface area contributed by atoms with Crippen LogP contribution in [-0.2, 0) is 4.74 Å². The third kappa shape index (κ3) is 2.71. The molecule has 0 aromatic carbocycles. The van der Waals surface area contributed by atoms with E-state index in [1.165, 1.54) is 0 Å². The van der Waals surface area contributed by atoms with E-state index in [9.17, 15) is 20.4 Å². The Balaban J connectivity index is 2.63. The molecule has 0 radical (unpaired) electrons. The van der Waals surface area contributed by atoms with Crippen LogP contribution < -0.4 is 5.32 Å². The molecule has 0 saturated carbocycles. The summed E-state index contributed by atoms with van der Waals surface area (Å²) < 4.78 is 4.90. The molecule has 4 atom stereocenters. The Hall–Kier alpha value is -0.240. The van der Waals surface area contributed by atoms with Gasteiger partial charge in [0, 0.05) is 20.3 Å². The maximum Gasteiger partial charge on any atom is 0.109 e. The fourth-order valence-corrected chi connectivity index (χ4v) is 2.07. The average Bonchev–Trinajstić information content (AvgIpc) is 2.30.